The predicted octanol–water partition coefficient (Wildman–Crippen LogP) is 2.00. The van der Waals surface area contributed by atoms with Gasteiger partial charge in [0.25, 0.3) is 0 Å². The van der Waals surface area contributed by atoms with Crippen LogP contribution in [0.5, 0.6) is 0 Å². The second-order valence-electron chi connectivity index (χ2n) is 6.18. The summed E-state index contributed by atoms with van der Waals surface area (Å²) in [7, 11) is 0. The van der Waals surface area contributed by atoms with E-state index < -0.39 is 0 Å². The van der Waals surface area contributed by atoms with Crippen molar-refractivity contribution in [2.75, 3.05) is 26.3 Å². The minimum absolute atomic E-state index is 0.117. The van der Waals surface area contributed by atoms with Gasteiger partial charge in [-0.2, -0.15) is 0 Å². The first-order valence-corrected chi connectivity index (χ1v) is 7.21. The van der Waals surface area contributed by atoms with E-state index in [0.717, 1.165) is 32.2 Å². The third-order valence-electron chi connectivity index (χ3n) is 4.80. The molecular formula is C14H28N2O. The standard InChI is InChI=1S/C14H28N2O/c1-14(2,16-8-10-17-11-9-16)13(15)12-6-4-3-5-7-12/h12-13H,3-11,15H2,1-2H3. The minimum atomic E-state index is 0.117. The summed E-state index contributed by atoms with van der Waals surface area (Å²) in [6, 6.07) is 0.306. The Hall–Kier alpha value is -0.120. The maximum Gasteiger partial charge on any atom is 0.0594 e. The van der Waals surface area contributed by atoms with Gasteiger partial charge in [-0.1, -0.05) is 19.3 Å². The van der Waals surface area contributed by atoms with Crippen LogP contribution in [0.2, 0.25) is 0 Å². The van der Waals surface area contributed by atoms with Crippen molar-refractivity contribution in [1.82, 2.24) is 4.90 Å². The van der Waals surface area contributed by atoms with E-state index in [1.54, 1.807) is 0 Å². The molecule has 100 valence electrons. The van der Waals surface area contributed by atoms with Gasteiger partial charge in [0.2, 0.25) is 0 Å². The van der Waals surface area contributed by atoms with Crippen LogP contribution >= 0.6 is 0 Å². The summed E-state index contributed by atoms with van der Waals surface area (Å²) >= 11 is 0. The van der Waals surface area contributed by atoms with Gasteiger partial charge in [0.15, 0.2) is 0 Å². The Balaban J connectivity index is 1.96. The topological polar surface area (TPSA) is 38.5 Å². The Labute approximate surface area is 106 Å². The number of hydrogen-bond acceptors (Lipinski definition) is 3. The Morgan fingerprint density at radius 1 is 1.12 bits per heavy atom. The molecule has 3 nitrogen and oxygen atoms in total. The normalized spacial score (nSPS) is 27.0. The summed E-state index contributed by atoms with van der Waals surface area (Å²) in [5.41, 5.74) is 6.69. The fourth-order valence-electron chi connectivity index (χ4n) is 3.42. The molecule has 1 aliphatic heterocycles. The van der Waals surface area contributed by atoms with Crippen LogP contribution in [-0.4, -0.2) is 42.8 Å². The molecule has 2 rings (SSSR count). The average Bonchev–Trinajstić information content (AvgIpc) is 2.40. The number of ether oxygens (including phenoxy) is 1. The summed E-state index contributed by atoms with van der Waals surface area (Å²) in [5, 5.41) is 0. The van der Waals surface area contributed by atoms with Crippen LogP contribution in [0, 0.1) is 5.92 Å². The molecule has 0 aromatic rings. The fraction of sp³-hybridized carbons (Fsp3) is 1.00. The van der Waals surface area contributed by atoms with Crippen molar-refractivity contribution in [2.45, 2.75) is 57.5 Å². The van der Waals surface area contributed by atoms with Crippen molar-refractivity contribution in [3.63, 3.8) is 0 Å². The molecule has 1 atom stereocenters. The first-order valence-electron chi connectivity index (χ1n) is 7.21. The largest absolute Gasteiger partial charge is 0.379 e. The molecule has 3 heteroatoms. The van der Waals surface area contributed by atoms with Gasteiger partial charge in [0, 0.05) is 24.7 Å². The molecule has 2 aliphatic rings. The lowest BCUT2D eigenvalue weighted by Crippen LogP contribution is -2.61. The molecule has 0 bridgehead atoms. The van der Waals surface area contributed by atoms with E-state index in [1.165, 1.54) is 32.1 Å². The highest BCUT2D eigenvalue weighted by atomic mass is 16.5. The molecule has 1 unspecified atom stereocenters. The van der Waals surface area contributed by atoms with E-state index in [2.05, 4.69) is 18.7 Å². The zero-order valence-electron chi connectivity index (χ0n) is 11.5. The Kier molecular flexibility index (Phi) is 4.45. The molecule has 1 heterocycles. The molecule has 0 spiro atoms. The van der Waals surface area contributed by atoms with Crippen molar-refractivity contribution in [1.29, 1.82) is 0 Å². The van der Waals surface area contributed by atoms with Crippen LogP contribution in [-0.2, 0) is 4.74 Å². The summed E-state index contributed by atoms with van der Waals surface area (Å²) in [5.74, 6) is 0.724. The van der Waals surface area contributed by atoms with Gasteiger partial charge < -0.3 is 10.5 Å². The van der Waals surface area contributed by atoms with Crippen molar-refractivity contribution in [3.05, 3.63) is 0 Å². The van der Waals surface area contributed by atoms with Crippen molar-refractivity contribution in [2.24, 2.45) is 11.7 Å². The lowest BCUT2D eigenvalue weighted by molar-refractivity contribution is -0.0279. The van der Waals surface area contributed by atoms with Crippen LogP contribution < -0.4 is 5.73 Å². The highest BCUT2D eigenvalue weighted by Gasteiger charge is 2.38. The van der Waals surface area contributed by atoms with Crippen molar-refractivity contribution >= 4 is 0 Å². The molecule has 1 saturated carbocycles. The summed E-state index contributed by atoms with van der Waals surface area (Å²) < 4.78 is 5.44. The first-order chi connectivity index (χ1) is 8.12. The van der Waals surface area contributed by atoms with Crippen molar-refractivity contribution < 1.29 is 4.74 Å². The van der Waals surface area contributed by atoms with E-state index in [-0.39, 0.29) is 5.54 Å². The lowest BCUT2D eigenvalue weighted by atomic mass is 9.76. The number of morpholine rings is 1. The molecule has 2 N–H and O–H groups in total. The van der Waals surface area contributed by atoms with Crippen LogP contribution in [0.25, 0.3) is 0 Å². The molecule has 0 radical (unpaired) electrons. The number of nitrogens with zero attached hydrogens (tertiary/aromatic N) is 1. The summed E-state index contributed by atoms with van der Waals surface area (Å²) in [4.78, 5) is 2.52. The third kappa shape index (κ3) is 3.01. The smallest absolute Gasteiger partial charge is 0.0594 e. The van der Waals surface area contributed by atoms with Gasteiger partial charge in [-0.05, 0) is 32.6 Å². The molecule has 2 fully saturated rings. The molecule has 0 amide bonds. The monoisotopic (exact) mass is 240 g/mol. The van der Waals surface area contributed by atoms with Gasteiger partial charge in [-0.3, -0.25) is 4.90 Å². The first kappa shape index (κ1) is 13.3. The Morgan fingerprint density at radius 2 is 1.71 bits per heavy atom. The van der Waals surface area contributed by atoms with Crippen LogP contribution in [0.1, 0.15) is 46.0 Å². The lowest BCUT2D eigenvalue weighted by Gasteiger charge is -2.47. The zero-order valence-corrected chi connectivity index (χ0v) is 11.5. The van der Waals surface area contributed by atoms with Crippen LogP contribution in [0.15, 0.2) is 0 Å². The highest BCUT2D eigenvalue weighted by molar-refractivity contribution is 4.96. The van der Waals surface area contributed by atoms with Gasteiger partial charge >= 0.3 is 0 Å². The maximum absolute atomic E-state index is 6.57. The van der Waals surface area contributed by atoms with E-state index in [0.29, 0.717) is 6.04 Å². The fourth-order valence-corrected chi connectivity index (χ4v) is 3.42. The molecule has 17 heavy (non-hydrogen) atoms. The van der Waals surface area contributed by atoms with Gasteiger partial charge in [0.1, 0.15) is 0 Å². The zero-order chi connectivity index (χ0) is 12.3. The van der Waals surface area contributed by atoms with Crippen molar-refractivity contribution in [3.8, 4) is 0 Å². The highest BCUT2D eigenvalue weighted by Crippen LogP contribution is 2.32. The van der Waals surface area contributed by atoms with E-state index in [1.807, 2.05) is 0 Å². The predicted molar refractivity (Wildman–Crippen MR) is 71.0 cm³/mol. The van der Waals surface area contributed by atoms with E-state index >= 15 is 0 Å². The Bertz CT molecular complexity index is 230. The quantitative estimate of drug-likeness (QED) is 0.820. The molecule has 1 saturated heterocycles. The molecule has 0 aromatic heterocycles. The SMILES string of the molecule is CC(C)(C(N)C1CCCCC1)N1CCOCC1. The van der Waals surface area contributed by atoms with E-state index in [4.69, 9.17) is 10.5 Å². The number of rotatable bonds is 3. The second kappa shape index (κ2) is 5.68. The van der Waals surface area contributed by atoms with Gasteiger partial charge in [-0.15, -0.1) is 0 Å². The molecule has 1 aliphatic carbocycles. The summed E-state index contributed by atoms with van der Waals surface area (Å²) in [6.45, 7) is 8.43. The number of hydrogen-bond donors (Lipinski definition) is 1. The number of nitrogens with two attached hydrogens (primary N) is 1. The van der Waals surface area contributed by atoms with Crippen LogP contribution in [0.4, 0.5) is 0 Å². The molecule has 0 aromatic carbocycles. The van der Waals surface area contributed by atoms with Crippen LogP contribution in [0.3, 0.4) is 0 Å². The third-order valence-corrected chi connectivity index (χ3v) is 4.80. The van der Waals surface area contributed by atoms with Gasteiger partial charge in [-0.25, -0.2) is 0 Å². The van der Waals surface area contributed by atoms with Gasteiger partial charge in [0.05, 0.1) is 13.2 Å². The molecular weight excluding hydrogens is 212 g/mol. The maximum atomic E-state index is 6.57. The minimum Gasteiger partial charge on any atom is -0.379 e. The summed E-state index contributed by atoms with van der Waals surface area (Å²) in [6.07, 6.45) is 6.81. The van der Waals surface area contributed by atoms with E-state index in [9.17, 15) is 0 Å². The average molecular weight is 240 g/mol. The second-order valence-corrected chi connectivity index (χ2v) is 6.18. The Morgan fingerprint density at radius 3 is 2.29 bits per heavy atom.